The topological polar surface area (TPSA) is 23.5 Å². The lowest BCUT2D eigenvalue weighted by Gasteiger charge is -2.32. The van der Waals surface area contributed by atoms with E-state index >= 15 is 0 Å². The number of aliphatic hydroxyl groups is 1. The first kappa shape index (κ1) is 14.2. The Morgan fingerprint density at radius 1 is 1.24 bits per heavy atom. The van der Waals surface area contributed by atoms with Crippen LogP contribution >= 0.6 is 0 Å². The molecule has 0 spiro atoms. The molecule has 1 N–H and O–H groups in total. The van der Waals surface area contributed by atoms with E-state index in [-0.39, 0.29) is 11.5 Å². The van der Waals surface area contributed by atoms with E-state index in [1.807, 2.05) is 6.92 Å². The maximum Gasteiger partial charge on any atom is 0.0575 e. The Kier molecular flexibility index (Phi) is 4.72. The lowest BCUT2D eigenvalue weighted by molar-refractivity contribution is 0.0392. The van der Waals surface area contributed by atoms with Crippen LogP contribution in [0.5, 0.6) is 0 Å². The van der Waals surface area contributed by atoms with Crippen molar-refractivity contribution in [3.63, 3.8) is 0 Å². The molecule has 0 saturated carbocycles. The van der Waals surface area contributed by atoms with Gasteiger partial charge in [0.1, 0.15) is 0 Å². The molecule has 2 heteroatoms. The molecule has 0 radical (unpaired) electrons. The van der Waals surface area contributed by atoms with Crippen molar-refractivity contribution in [2.45, 2.75) is 40.3 Å². The smallest absolute Gasteiger partial charge is 0.0575 e. The monoisotopic (exact) mass is 235 g/mol. The van der Waals surface area contributed by atoms with Crippen LogP contribution in [-0.4, -0.2) is 29.7 Å². The normalized spacial score (nSPS) is 14.1. The van der Waals surface area contributed by atoms with E-state index in [0.29, 0.717) is 0 Å². The van der Waals surface area contributed by atoms with Crippen LogP contribution in [0.15, 0.2) is 24.3 Å². The molecule has 0 aliphatic rings. The first-order valence-electron chi connectivity index (χ1n) is 6.23. The molecule has 1 rings (SSSR count). The van der Waals surface area contributed by atoms with E-state index in [0.717, 1.165) is 13.1 Å². The zero-order valence-electron chi connectivity index (χ0n) is 11.7. The summed E-state index contributed by atoms with van der Waals surface area (Å²) in [6, 6.07) is 8.62. The van der Waals surface area contributed by atoms with Gasteiger partial charge < -0.3 is 10.0 Å². The third kappa shape index (κ3) is 4.49. The van der Waals surface area contributed by atoms with Crippen LogP contribution in [0.1, 0.15) is 31.9 Å². The van der Waals surface area contributed by atoms with E-state index in [1.54, 1.807) is 0 Å². The van der Waals surface area contributed by atoms with Gasteiger partial charge in [-0.05, 0) is 26.5 Å². The van der Waals surface area contributed by atoms with Gasteiger partial charge in [0.15, 0.2) is 0 Å². The fraction of sp³-hybridized carbons (Fsp3) is 0.600. The van der Waals surface area contributed by atoms with Crippen molar-refractivity contribution in [1.82, 2.24) is 4.90 Å². The standard InChI is InChI=1S/C15H25NO/c1-12-6-8-14(9-7-12)10-16(5)11-15(3,4)13(2)17/h6-9,13,17H,10-11H2,1-5H3. The number of benzene rings is 1. The van der Waals surface area contributed by atoms with E-state index in [2.05, 4.69) is 57.0 Å². The predicted molar refractivity (Wildman–Crippen MR) is 73.0 cm³/mol. The third-order valence-electron chi connectivity index (χ3n) is 3.38. The van der Waals surface area contributed by atoms with Gasteiger partial charge in [0.2, 0.25) is 0 Å². The number of hydrogen-bond donors (Lipinski definition) is 1. The summed E-state index contributed by atoms with van der Waals surface area (Å²) in [7, 11) is 2.10. The molecule has 1 aromatic carbocycles. The van der Waals surface area contributed by atoms with Crippen LogP contribution in [0.25, 0.3) is 0 Å². The van der Waals surface area contributed by atoms with E-state index in [9.17, 15) is 5.11 Å². The molecule has 2 nitrogen and oxygen atoms in total. The minimum absolute atomic E-state index is 0.0700. The van der Waals surface area contributed by atoms with Crippen molar-refractivity contribution in [1.29, 1.82) is 0 Å². The van der Waals surface area contributed by atoms with Gasteiger partial charge in [-0.15, -0.1) is 0 Å². The van der Waals surface area contributed by atoms with Gasteiger partial charge >= 0.3 is 0 Å². The van der Waals surface area contributed by atoms with E-state index in [1.165, 1.54) is 11.1 Å². The molecule has 0 heterocycles. The predicted octanol–water partition coefficient (Wildman–Crippen LogP) is 2.83. The van der Waals surface area contributed by atoms with Gasteiger partial charge in [-0.3, -0.25) is 0 Å². The van der Waals surface area contributed by atoms with E-state index < -0.39 is 0 Å². The van der Waals surface area contributed by atoms with Crippen molar-refractivity contribution < 1.29 is 5.11 Å². The average Bonchev–Trinajstić information content (AvgIpc) is 2.20. The molecule has 1 aromatic rings. The zero-order chi connectivity index (χ0) is 13.1. The van der Waals surface area contributed by atoms with Crippen LogP contribution in [0.3, 0.4) is 0 Å². The summed E-state index contributed by atoms with van der Waals surface area (Å²) in [5.74, 6) is 0. The highest BCUT2D eigenvalue weighted by Gasteiger charge is 2.25. The maximum absolute atomic E-state index is 9.70. The summed E-state index contributed by atoms with van der Waals surface area (Å²) >= 11 is 0. The van der Waals surface area contributed by atoms with Gasteiger partial charge in [0.05, 0.1) is 6.10 Å². The minimum atomic E-state index is -0.289. The molecule has 1 atom stereocenters. The molecule has 96 valence electrons. The molecule has 0 bridgehead atoms. The second-order valence-corrected chi connectivity index (χ2v) is 5.82. The van der Waals surface area contributed by atoms with Gasteiger partial charge in [-0.2, -0.15) is 0 Å². The van der Waals surface area contributed by atoms with Crippen LogP contribution in [0.4, 0.5) is 0 Å². The number of hydrogen-bond acceptors (Lipinski definition) is 2. The molecule has 17 heavy (non-hydrogen) atoms. The Hall–Kier alpha value is -0.860. The molecule has 0 saturated heterocycles. The zero-order valence-corrected chi connectivity index (χ0v) is 11.7. The van der Waals surface area contributed by atoms with Gasteiger partial charge in [-0.25, -0.2) is 0 Å². The molecular formula is C15H25NO. The Morgan fingerprint density at radius 2 is 1.76 bits per heavy atom. The Morgan fingerprint density at radius 3 is 2.24 bits per heavy atom. The van der Waals surface area contributed by atoms with E-state index in [4.69, 9.17) is 0 Å². The minimum Gasteiger partial charge on any atom is -0.393 e. The van der Waals surface area contributed by atoms with Gasteiger partial charge in [0, 0.05) is 18.5 Å². The highest BCUT2D eigenvalue weighted by Crippen LogP contribution is 2.22. The second-order valence-electron chi connectivity index (χ2n) is 5.82. The summed E-state index contributed by atoms with van der Waals surface area (Å²) in [4.78, 5) is 2.26. The summed E-state index contributed by atoms with van der Waals surface area (Å²) in [6.45, 7) is 9.98. The summed E-state index contributed by atoms with van der Waals surface area (Å²) in [6.07, 6.45) is -0.289. The third-order valence-corrected chi connectivity index (χ3v) is 3.38. The van der Waals surface area contributed by atoms with Gasteiger partial charge in [-0.1, -0.05) is 43.7 Å². The van der Waals surface area contributed by atoms with Crippen molar-refractivity contribution in [2.75, 3.05) is 13.6 Å². The first-order valence-corrected chi connectivity index (χ1v) is 6.23. The van der Waals surface area contributed by atoms with Crippen LogP contribution in [0.2, 0.25) is 0 Å². The number of rotatable bonds is 5. The highest BCUT2D eigenvalue weighted by atomic mass is 16.3. The van der Waals surface area contributed by atoms with Gasteiger partial charge in [0.25, 0.3) is 0 Å². The maximum atomic E-state index is 9.70. The summed E-state index contributed by atoms with van der Waals surface area (Å²) in [5.41, 5.74) is 2.54. The van der Waals surface area contributed by atoms with Crippen LogP contribution in [-0.2, 0) is 6.54 Å². The van der Waals surface area contributed by atoms with Crippen LogP contribution in [0, 0.1) is 12.3 Å². The van der Waals surface area contributed by atoms with Crippen molar-refractivity contribution >= 4 is 0 Å². The fourth-order valence-corrected chi connectivity index (χ4v) is 1.89. The number of aryl methyl sites for hydroxylation is 1. The lowest BCUT2D eigenvalue weighted by atomic mass is 9.87. The highest BCUT2D eigenvalue weighted by molar-refractivity contribution is 5.21. The molecule has 0 fully saturated rings. The average molecular weight is 235 g/mol. The second kappa shape index (κ2) is 5.65. The molecule has 1 unspecified atom stereocenters. The SMILES string of the molecule is Cc1ccc(CN(C)CC(C)(C)C(C)O)cc1. The Labute approximate surface area is 105 Å². The van der Waals surface area contributed by atoms with Crippen molar-refractivity contribution in [2.24, 2.45) is 5.41 Å². The molecule has 0 amide bonds. The largest absolute Gasteiger partial charge is 0.393 e. The molecule has 0 aliphatic carbocycles. The molecule has 0 aromatic heterocycles. The van der Waals surface area contributed by atoms with Crippen molar-refractivity contribution in [3.8, 4) is 0 Å². The van der Waals surface area contributed by atoms with Crippen molar-refractivity contribution in [3.05, 3.63) is 35.4 Å². The summed E-state index contributed by atoms with van der Waals surface area (Å²) in [5, 5.41) is 9.70. The lowest BCUT2D eigenvalue weighted by Crippen LogP contribution is -2.38. The number of nitrogens with zero attached hydrogens (tertiary/aromatic N) is 1. The number of aliphatic hydroxyl groups excluding tert-OH is 1. The Bertz CT molecular complexity index is 340. The summed E-state index contributed by atoms with van der Waals surface area (Å²) < 4.78 is 0. The van der Waals surface area contributed by atoms with Crippen LogP contribution < -0.4 is 0 Å². The fourth-order valence-electron chi connectivity index (χ4n) is 1.89. The first-order chi connectivity index (χ1) is 7.81. The quantitative estimate of drug-likeness (QED) is 0.848. The Balaban J connectivity index is 2.55. The molecule has 0 aliphatic heterocycles. The molecular weight excluding hydrogens is 210 g/mol.